The van der Waals surface area contributed by atoms with Gasteiger partial charge in [0.05, 0.1) is 12.1 Å². The molecule has 6 nitrogen and oxygen atoms in total. The summed E-state index contributed by atoms with van der Waals surface area (Å²) < 4.78 is 1.94. The van der Waals surface area contributed by atoms with Crippen LogP contribution in [0, 0.1) is 0 Å². The maximum atomic E-state index is 12.8. The summed E-state index contributed by atoms with van der Waals surface area (Å²) in [5.74, 6) is 0.123. The molecule has 0 unspecified atom stereocenters. The Morgan fingerprint density at radius 2 is 1.96 bits per heavy atom. The first kappa shape index (κ1) is 17.6. The lowest BCUT2D eigenvalue weighted by Crippen LogP contribution is -2.49. The molecular formula is C19H27N5O. The van der Waals surface area contributed by atoms with Crippen molar-refractivity contribution in [1.82, 2.24) is 25.0 Å². The van der Waals surface area contributed by atoms with E-state index in [1.54, 1.807) is 12.7 Å². The second kappa shape index (κ2) is 8.25. The smallest absolute Gasteiger partial charge is 0.237 e. The molecule has 2 aromatic rings. The highest BCUT2D eigenvalue weighted by molar-refractivity contribution is 5.82. The molecule has 1 N–H and O–H groups in total. The Morgan fingerprint density at radius 3 is 2.56 bits per heavy atom. The maximum absolute atomic E-state index is 12.8. The van der Waals surface area contributed by atoms with Crippen LogP contribution in [0.4, 0.5) is 0 Å². The number of benzene rings is 1. The predicted molar refractivity (Wildman–Crippen MR) is 97.1 cm³/mol. The molecule has 1 aromatic carbocycles. The number of hydrogen-bond acceptors (Lipinski definition) is 4. The summed E-state index contributed by atoms with van der Waals surface area (Å²) >= 11 is 0. The molecule has 1 heterocycles. The molecule has 1 aromatic heterocycles. The van der Waals surface area contributed by atoms with Crippen molar-refractivity contribution in [2.24, 2.45) is 0 Å². The molecular weight excluding hydrogens is 314 g/mol. The number of nitrogens with one attached hydrogen (secondary N) is 1. The molecule has 1 fully saturated rings. The molecule has 0 spiro atoms. The highest BCUT2D eigenvalue weighted by atomic mass is 16.2. The Labute approximate surface area is 149 Å². The van der Waals surface area contributed by atoms with E-state index in [9.17, 15) is 4.79 Å². The number of aromatic nitrogens is 3. The normalized spacial score (nSPS) is 21.9. The van der Waals surface area contributed by atoms with Crippen LogP contribution in [0.3, 0.4) is 0 Å². The first-order valence-electron chi connectivity index (χ1n) is 8.98. The molecule has 134 valence electrons. The van der Waals surface area contributed by atoms with Gasteiger partial charge in [-0.15, -0.1) is 0 Å². The summed E-state index contributed by atoms with van der Waals surface area (Å²) in [5.41, 5.74) is 1.19. The van der Waals surface area contributed by atoms with Crippen molar-refractivity contribution in [2.45, 2.75) is 50.2 Å². The molecule has 1 aliphatic carbocycles. The van der Waals surface area contributed by atoms with Gasteiger partial charge in [0.2, 0.25) is 5.91 Å². The van der Waals surface area contributed by atoms with Crippen LogP contribution >= 0.6 is 0 Å². The van der Waals surface area contributed by atoms with Crippen molar-refractivity contribution < 1.29 is 4.79 Å². The fraction of sp³-hybridized carbons (Fsp3) is 0.526. The fourth-order valence-corrected chi connectivity index (χ4v) is 3.54. The molecule has 0 saturated heterocycles. The van der Waals surface area contributed by atoms with Gasteiger partial charge >= 0.3 is 0 Å². The summed E-state index contributed by atoms with van der Waals surface area (Å²) in [6.07, 6.45) is 8.13. The van der Waals surface area contributed by atoms with Crippen molar-refractivity contribution in [1.29, 1.82) is 0 Å². The number of amides is 1. The number of carbonyl (C=O) groups excluding carboxylic acids is 1. The van der Waals surface area contributed by atoms with Crippen LogP contribution in [-0.4, -0.2) is 51.8 Å². The lowest BCUT2D eigenvalue weighted by Gasteiger charge is -2.31. The van der Waals surface area contributed by atoms with Crippen LogP contribution in [0.25, 0.3) is 0 Å². The van der Waals surface area contributed by atoms with Crippen molar-refractivity contribution in [2.75, 3.05) is 14.1 Å². The second-order valence-electron chi connectivity index (χ2n) is 7.06. The Bertz CT molecular complexity index is 648. The summed E-state index contributed by atoms with van der Waals surface area (Å²) in [6.45, 7) is 0. The van der Waals surface area contributed by atoms with Crippen LogP contribution in [0.5, 0.6) is 0 Å². The van der Waals surface area contributed by atoms with Crippen LogP contribution in [0.1, 0.15) is 37.3 Å². The SMILES string of the molecule is CN(C)[C@@H](Cc1ccccc1)C(=O)NC1CCC(n2cncn2)CC1. The molecule has 1 aliphatic rings. The average molecular weight is 341 g/mol. The van der Waals surface area contributed by atoms with Gasteiger partial charge in [-0.2, -0.15) is 5.10 Å². The van der Waals surface area contributed by atoms with Crippen LogP contribution in [-0.2, 0) is 11.2 Å². The van der Waals surface area contributed by atoms with E-state index < -0.39 is 0 Å². The van der Waals surface area contributed by atoms with Gasteiger partial charge in [0.25, 0.3) is 0 Å². The van der Waals surface area contributed by atoms with Gasteiger partial charge in [-0.1, -0.05) is 30.3 Å². The molecule has 1 saturated carbocycles. The van der Waals surface area contributed by atoms with E-state index in [0.717, 1.165) is 32.1 Å². The van der Waals surface area contributed by atoms with E-state index >= 15 is 0 Å². The minimum Gasteiger partial charge on any atom is -0.352 e. The van der Waals surface area contributed by atoms with E-state index in [1.807, 2.05) is 41.9 Å². The van der Waals surface area contributed by atoms with Gasteiger partial charge in [-0.05, 0) is 51.8 Å². The van der Waals surface area contributed by atoms with Crippen molar-refractivity contribution in [3.8, 4) is 0 Å². The largest absolute Gasteiger partial charge is 0.352 e. The summed E-state index contributed by atoms with van der Waals surface area (Å²) in [4.78, 5) is 18.8. The van der Waals surface area contributed by atoms with Crippen molar-refractivity contribution in [3.05, 3.63) is 48.5 Å². The number of hydrogen-bond donors (Lipinski definition) is 1. The molecule has 0 radical (unpaired) electrons. The number of nitrogens with zero attached hydrogens (tertiary/aromatic N) is 4. The lowest BCUT2D eigenvalue weighted by molar-refractivity contribution is -0.126. The van der Waals surface area contributed by atoms with E-state index in [2.05, 4.69) is 27.5 Å². The van der Waals surface area contributed by atoms with Crippen LogP contribution < -0.4 is 5.32 Å². The number of likely N-dealkylation sites (N-methyl/N-ethyl adjacent to an activating group) is 1. The monoisotopic (exact) mass is 341 g/mol. The van der Waals surface area contributed by atoms with E-state index in [1.165, 1.54) is 5.56 Å². The minimum atomic E-state index is -0.143. The molecule has 6 heteroatoms. The van der Waals surface area contributed by atoms with Crippen molar-refractivity contribution in [3.63, 3.8) is 0 Å². The first-order valence-corrected chi connectivity index (χ1v) is 8.98. The number of carbonyl (C=O) groups is 1. The van der Waals surface area contributed by atoms with Crippen molar-refractivity contribution >= 4 is 5.91 Å². The molecule has 25 heavy (non-hydrogen) atoms. The molecule has 0 bridgehead atoms. The van der Waals surface area contributed by atoms with E-state index in [0.29, 0.717) is 6.04 Å². The minimum absolute atomic E-state index is 0.123. The zero-order valence-electron chi connectivity index (χ0n) is 15.0. The van der Waals surface area contributed by atoms with Gasteiger partial charge in [0, 0.05) is 6.04 Å². The Balaban J connectivity index is 1.53. The standard InChI is InChI=1S/C19H27N5O/c1-23(2)18(12-15-6-4-3-5-7-15)19(25)22-16-8-10-17(11-9-16)24-14-20-13-21-24/h3-7,13-14,16-18H,8-12H2,1-2H3,(H,22,25)/t16?,17?,18-/m0/s1. The zero-order chi connectivity index (χ0) is 17.6. The van der Waals surface area contributed by atoms with Gasteiger partial charge < -0.3 is 5.32 Å². The first-order chi connectivity index (χ1) is 12.1. The predicted octanol–water partition coefficient (Wildman–Crippen LogP) is 2.05. The third kappa shape index (κ3) is 4.66. The maximum Gasteiger partial charge on any atom is 0.237 e. The Morgan fingerprint density at radius 1 is 1.24 bits per heavy atom. The highest BCUT2D eigenvalue weighted by Crippen LogP contribution is 2.27. The summed E-state index contributed by atoms with van der Waals surface area (Å²) in [5, 5.41) is 7.50. The van der Waals surface area contributed by atoms with E-state index in [4.69, 9.17) is 0 Å². The summed E-state index contributed by atoms with van der Waals surface area (Å²) in [6, 6.07) is 10.7. The Hall–Kier alpha value is -2.21. The topological polar surface area (TPSA) is 63.1 Å². The Kier molecular flexibility index (Phi) is 5.81. The summed E-state index contributed by atoms with van der Waals surface area (Å²) in [7, 11) is 3.93. The van der Waals surface area contributed by atoms with Gasteiger partial charge in [-0.3, -0.25) is 9.69 Å². The van der Waals surface area contributed by atoms with E-state index in [-0.39, 0.29) is 18.0 Å². The third-order valence-corrected chi connectivity index (χ3v) is 5.05. The second-order valence-corrected chi connectivity index (χ2v) is 7.06. The van der Waals surface area contributed by atoms with Gasteiger partial charge in [0.1, 0.15) is 12.7 Å². The fourth-order valence-electron chi connectivity index (χ4n) is 3.54. The lowest BCUT2D eigenvalue weighted by atomic mass is 9.91. The molecule has 1 atom stereocenters. The van der Waals surface area contributed by atoms with Crippen LogP contribution in [0.2, 0.25) is 0 Å². The quantitative estimate of drug-likeness (QED) is 0.873. The number of rotatable bonds is 6. The van der Waals surface area contributed by atoms with Crippen LogP contribution in [0.15, 0.2) is 43.0 Å². The molecule has 3 rings (SSSR count). The zero-order valence-corrected chi connectivity index (χ0v) is 15.0. The van der Waals surface area contributed by atoms with Gasteiger partial charge in [0.15, 0.2) is 0 Å². The van der Waals surface area contributed by atoms with Gasteiger partial charge in [-0.25, -0.2) is 9.67 Å². The third-order valence-electron chi connectivity index (χ3n) is 5.05. The molecule has 0 aliphatic heterocycles. The highest BCUT2D eigenvalue weighted by Gasteiger charge is 2.27. The average Bonchev–Trinajstić information content (AvgIpc) is 3.15. The molecule has 1 amide bonds.